The van der Waals surface area contributed by atoms with E-state index in [0.29, 0.717) is 29.3 Å². The van der Waals surface area contributed by atoms with Crippen molar-refractivity contribution >= 4 is 45.0 Å². The molecule has 1 amide bonds. The summed E-state index contributed by atoms with van der Waals surface area (Å²) < 4.78 is 14.2. The molecule has 0 aliphatic carbocycles. The van der Waals surface area contributed by atoms with Crippen LogP contribution in [0.2, 0.25) is 0 Å². The summed E-state index contributed by atoms with van der Waals surface area (Å²) in [7, 11) is 3.93. The molecule has 0 fully saturated rings. The van der Waals surface area contributed by atoms with Gasteiger partial charge in [0.1, 0.15) is 5.82 Å². The maximum atomic E-state index is 13.5. The Morgan fingerprint density at radius 3 is 2.48 bits per heavy atom. The lowest BCUT2D eigenvalue weighted by molar-refractivity contribution is 0.0985. The van der Waals surface area contributed by atoms with E-state index in [9.17, 15) is 9.18 Å². The molecule has 0 atom stereocenters. The Bertz CT molecular complexity index is 958. The molecule has 3 rings (SSSR count). The van der Waals surface area contributed by atoms with Crippen LogP contribution < -0.4 is 4.90 Å². The van der Waals surface area contributed by atoms with E-state index < -0.39 is 0 Å². The monoisotopic (exact) mass is 407 g/mol. The molecule has 7 heteroatoms. The normalized spacial score (nSPS) is 10.9. The number of anilines is 1. The van der Waals surface area contributed by atoms with Gasteiger partial charge in [0, 0.05) is 18.7 Å². The zero-order chi connectivity index (χ0) is 18.8. The molecule has 1 heterocycles. The van der Waals surface area contributed by atoms with Gasteiger partial charge in [0.25, 0.3) is 5.91 Å². The number of likely N-dealkylation sites (N-methyl/N-ethyl adjacent to an activating group) is 1. The van der Waals surface area contributed by atoms with Crippen molar-refractivity contribution in [2.75, 3.05) is 32.1 Å². The largest absolute Gasteiger partial charge is 0.308 e. The van der Waals surface area contributed by atoms with E-state index >= 15 is 0 Å². The van der Waals surface area contributed by atoms with Gasteiger partial charge in [-0.05, 0) is 69.4 Å². The molecule has 0 bridgehead atoms. The predicted octanol–water partition coefficient (Wildman–Crippen LogP) is 4.68. The Labute approximate surface area is 169 Å². The molecule has 0 aliphatic heterocycles. The quantitative estimate of drug-likeness (QED) is 0.616. The number of fused-ring (bicyclic) bond motifs is 1. The number of hydrogen-bond acceptors (Lipinski definition) is 4. The van der Waals surface area contributed by atoms with E-state index in [-0.39, 0.29) is 24.1 Å². The molecular formula is C20H23ClFN3OS. The SMILES string of the molecule is Cc1ccc(C(=O)N(CCN(C)C)c2nc3ccc(F)cc3s2)cc1C.Cl. The number of thiazole rings is 1. The number of halogens is 2. The Morgan fingerprint density at radius 2 is 1.81 bits per heavy atom. The van der Waals surface area contributed by atoms with Crippen molar-refractivity contribution in [2.45, 2.75) is 13.8 Å². The lowest BCUT2D eigenvalue weighted by atomic mass is 10.1. The standard InChI is InChI=1S/C20H22FN3OS.ClH/c1-13-5-6-15(11-14(13)2)19(25)24(10-9-23(3)4)20-22-17-8-7-16(21)12-18(17)26-20;/h5-8,11-12H,9-10H2,1-4H3;1H. The summed E-state index contributed by atoms with van der Waals surface area (Å²) in [5.74, 6) is -0.387. The van der Waals surface area contributed by atoms with Crippen LogP contribution >= 0.6 is 23.7 Å². The lowest BCUT2D eigenvalue weighted by Crippen LogP contribution is -2.36. The fourth-order valence-electron chi connectivity index (χ4n) is 2.62. The first kappa shape index (κ1) is 21.3. The first-order chi connectivity index (χ1) is 12.3. The van der Waals surface area contributed by atoms with E-state index in [2.05, 4.69) is 4.98 Å². The van der Waals surface area contributed by atoms with E-state index in [1.165, 1.54) is 23.5 Å². The number of benzene rings is 2. The second kappa shape index (κ2) is 8.78. The van der Waals surface area contributed by atoms with Gasteiger partial charge in [-0.2, -0.15) is 0 Å². The van der Waals surface area contributed by atoms with Crippen molar-refractivity contribution in [3.8, 4) is 0 Å². The fourth-order valence-corrected chi connectivity index (χ4v) is 3.63. The van der Waals surface area contributed by atoms with E-state index in [1.54, 1.807) is 11.0 Å². The molecule has 0 spiro atoms. The number of hydrogen-bond donors (Lipinski definition) is 0. The van der Waals surface area contributed by atoms with Gasteiger partial charge in [-0.25, -0.2) is 9.37 Å². The Hall–Kier alpha value is -2.02. The summed E-state index contributed by atoms with van der Waals surface area (Å²) in [6.45, 7) is 5.24. The number of rotatable bonds is 5. The van der Waals surface area contributed by atoms with Gasteiger partial charge in [0.05, 0.1) is 10.2 Å². The smallest absolute Gasteiger partial charge is 0.260 e. The van der Waals surface area contributed by atoms with Gasteiger partial charge in [0.15, 0.2) is 5.13 Å². The minimum Gasteiger partial charge on any atom is -0.308 e. The van der Waals surface area contributed by atoms with E-state index in [4.69, 9.17) is 0 Å². The highest BCUT2D eigenvalue weighted by Gasteiger charge is 2.22. The number of carbonyl (C=O) groups excluding carboxylic acids is 1. The first-order valence-corrected chi connectivity index (χ1v) is 9.27. The zero-order valence-corrected chi connectivity index (χ0v) is 17.5. The van der Waals surface area contributed by atoms with Gasteiger partial charge in [-0.1, -0.05) is 17.4 Å². The van der Waals surface area contributed by atoms with Crippen molar-refractivity contribution < 1.29 is 9.18 Å². The van der Waals surface area contributed by atoms with Crippen molar-refractivity contribution in [1.29, 1.82) is 0 Å². The van der Waals surface area contributed by atoms with Gasteiger partial charge >= 0.3 is 0 Å². The highest BCUT2D eigenvalue weighted by Crippen LogP contribution is 2.30. The van der Waals surface area contributed by atoms with Crippen LogP contribution in [0.5, 0.6) is 0 Å². The minimum atomic E-state index is -0.298. The van der Waals surface area contributed by atoms with Crippen LogP contribution in [0.25, 0.3) is 10.2 Å². The predicted molar refractivity (Wildman–Crippen MR) is 113 cm³/mol. The second-order valence-corrected chi connectivity index (χ2v) is 7.68. The highest BCUT2D eigenvalue weighted by molar-refractivity contribution is 7.22. The van der Waals surface area contributed by atoms with E-state index in [1.807, 2.05) is 51.0 Å². The summed E-state index contributed by atoms with van der Waals surface area (Å²) in [5.41, 5.74) is 3.57. The van der Waals surface area contributed by atoms with Crippen LogP contribution in [-0.4, -0.2) is 43.0 Å². The third-order valence-corrected chi connectivity index (χ3v) is 5.38. The molecule has 0 radical (unpaired) electrons. The zero-order valence-electron chi connectivity index (χ0n) is 15.8. The lowest BCUT2D eigenvalue weighted by Gasteiger charge is -2.22. The highest BCUT2D eigenvalue weighted by atomic mass is 35.5. The molecule has 144 valence electrons. The van der Waals surface area contributed by atoms with Gasteiger partial charge in [-0.3, -0.25) is 9.69 Å². The number of amides is 1. The Balaban J connectivity index is 0.00000261. The number of aryl methyl sites for hydroxylation is 2. The molecule has 27 heavy (non-hydrogen) atoms. The van der Waals surface area contributed by atoms with Crippen molar-refractivity contribution in [2.24, 2.45) is 0 Å². The van der Waals surface area contributed by atoms with Crippen LogP contribution in [0.1, 0.15) is 21.5 Å². The minimum absolute atomic E-state index is 0. The summed E-state index contributed by atoms with van der Waals surface area (Å²) in [4.78, 5) is 21.4. The molecular weight excluding hydrogens is 385 g/mol. The number of nitrogens with zero attached hydrogens (tertiary/aromatic N) is 3. The van der Waals surface area contributed by atoms with Crippen molar-refractivity contribution in [3.05, 3.63) is 58.9 Å². The molecule has 0 unspecified atom stereocenters. The van der Waals surface area contributed by atoms with Crippen LogP contribution in [0, 0.1) is 19.7 Å². The van der Waals surface area contributed by atoms with Crippen LogP contribution in [0.3, 0.4) is 0 Å². The van der Waals surface area contributed by atoms with Crippen LogP contribution in [0.15, 0.2) is 36.4 Å². The van der Waals surface area contributed by atoms with Crippen molar-refractivity contribution in [3.63, 3.8) is 0 Å². The van der Waals surface area contributed by atoms with Crippen LogP contribution in [0.4, 0.5) is 9.52 Å². The van der Waals surface area contributed by atoms with Crippen molar-refractivity contribution in [1.82, 2.24) is 9.88 Å². The third-order valence-electron chi connectivity index (χ3n) is 4.34. The average Bonchev–Trinajstić information content (AvgIpc) is 2.99. The maximum Gasteiger partial charge on any atom is 0.260 e. The maximum absolute atomic E-state index is 13.5. The molecule has 0 N–H and O–H groups in total. The number of aromatic nitrogens is 1. The average molecular weight is 408 g/mol. The van der Waals surface area contributed by atoms with Gasteiger partial charge < -0.3 is 4.90 Å². The molecule has 1 aromatic heterocycles. The molecule has 0 aliphatic rings. The van der Waals surface area contributed by atoms with Crippen LogP contribution in [-0.2, 0) is 0 Å². The summed E-state index contributed by atoms with van der Waals surface area (Å²) in [6, 6.07) is 10.2. The van der Waals surface area contributed by atoms with Gasteiger partial charge in [0.2, 0.25) is 0 Å². The Kier molecular flexibility index (Phi) is 6.92. The molecule has 0 saturated carbocycles. The Morgan fingerprint density at radius 1 is 1.07 bits per heavy atom. The fraction of sp³-hybridized carbons (Fsp3) is 0.300. The third kappa shape index (κ3) is 4.83. The summed E-state index contributed by atoms with van der Waals surface area (Å²) in [5, 5.41) is 0.593. The molecule has 4 nitrogen and oxygen atoms in total. The summed E-state index contributed by atoms with van der Waals surface area (Å²) in [6.07, 6.45) is 0. The molecule has 0 saturated heterocycles. The number of carbonyl (C=O) groups is 1. The molecule has 2 aromatic carbocycles. The first-order valence-electron chi connectivity index (χ1n) is 8.45. The second-order valence-electron chi connectivity index (χ2n) is 6.67. The van der Waals surface area contributed by atoms with Gasteiger partial charge in [-0.15, -0.1) is 12.4 Å². The molecule has 3 aromatic rings. The van der Waals surface area contributed by atoms with E-state index in [0.717, 1.165) is 15.8 Å². The topological polar surface area (TPSA) is 36.4 Å². The summed E-state index contributed by atoms with van der Waals surface area (Å²) >= 11 is 1.34.